The SMILES string of the molecule is CCOC(=O)c1ccc2c(C(=O)NCc3ccc(CC)c(F)c3)c(C(C)C)n(Cc3ccccn3)c2c1. The molecule has 1 N–H and O–H groups in total. The van der Waals surface area contributed by atoms with Gasteiger partial charge in [-0.15, -0.1) is 0 Å². The highest BCUT2D eigenvalue weighted by Crippen LogP contribution is 2.33. The summed E-state index contributed by atoms with van der Waals surface area (Å²) in [7, 11) is 0. The number of fused-ring (bicyclic) bond motifs is 1. The number of amides is 1. The third-order valence-corrected chi connectivity index (χ3v) is 6.39. The molecule has 2 aromatic carbocycles. The van der Waals surface area contributed by atoms with Gasteiger partial charge in [0.2, 0.25) is 0 Å². The van der Waals surface area contributed by atoms with E-state index < -0.39 is 5.97 Å². The highest BCUT2D eigenvalue weighted by atomic mass is 19.1. The van der Waals surface area contributed by atoms with Gasteiger partial charge in [0, 0.05) is 23.8 Å². The summed E-state index contributed by atoms with van der Waals surface area (Å²) in [6.45, 7) is 8.65. The first-order chi connectivity index (χ1) is 17.8. The molecule has 7 heteroatoms. The summed E-state index contributed by atoms with van der Waals surface area (Å²) < 4.78 is 21.5. The Morgan fingerprint density at radius 3 is 2.54 bits per heavy atom. The minimum absolute atomic E-state index is 0.00388. The first kappa shape index (κ1) is 26.1. The minimum atomic E-state index is -0.412. The maximum Gasteiger partial charge on any atom is 0.338 e. The van der Waals surface area contributed by atoms with E-state index in [-0.39, 0.29) is 30.8 Å². The number of pyridine rings is 1. The minimum Gasteiger partial charge on any atom is -0.462 e. The lowest BCUT2D eigenvalue weighted by atomic mass is 10.0. The van der Waals surface area contributed by atoms with Gasteiger partial charge in [-0.1, -0.05) is 45.0 Å². The van der Waals surface area contributed by atoms with Gasteiger partial charge < -0.3 is 14.6 Å². The van der Waals surface area contributed by atoms with Crippen molar-refractivity contribution < 1.29 is 18.7 Å². The van der Waals surface area contributed by atoms with Gasteiger partial charge in [0.25, 0.3) is 5.91 Å². The fraction of sp³-hybridized carbons (Fsp3) is 0.300. The molecule has 192 valence electrons. The molecule has 0 radical (unpaired) electrons. The average Bonchev–Trinajstić information content (AvgIpc) is 3.21. The maximum atomic E-state index is 14.3. The molecular formula is C30H32FN3O3. The molecule has 0 spiro atoms. The van der Waals surface area contributed by atoms with E-state index in [2.05, 4.69) is 14.9 Å². The molecule has 4 aromatic rings. The van der Waals surface area contributed by atoms with Crippen LogP contribution in [0, 0.1) is 5.82 Å². The Hall–Kier alpha value is -4.00. The van der Waals surface area contributed by atoms with Crippen molar-refractivity contribution in [1.82, 2.24) is 14.9 Å². The quantitative estimate of drug-likeness (QED) is 0.285. The first-order valence-corrected chi connectivity index (χ1v) is 12.6. The van der Waals surface area contributed by atoms with Gasteiger partial charge in [-0.2, -0.15) is 0 Å². The first-order valence-electron chi connectivity index (χ1n) is 12.6. The number of hydrogen-bond acceptors (Lipinski definition) is 4. The van der Waals surface area contributed by atoms with Crippen LogP contribution in [-0.2, 0) is 24.2 Å². The smallest absolute Gasteiger partial charge is 0.338 e. The third-order valence-electron chi connectivity index (χ3n) is 6.39. The lowest BCUT2D eigenvalue weighted by Crippen LogP contribution is -2.24. The van der Waals surface area contributed by atoms with Crippen LogP contribution >= 0.6 is 0 Å². The zero-order chi connectivity index (χ0) is 26.5. The van der Waals surface area contributed by atoms with Crippen molar-refractivity contribution in [2.75, 3.05) is 6.61 Å². The molecule has 0 aliphatic carbocycles. The molecule has 0 bridgehead atoms. The summed E-state index contributed by atoms with van der Waals surface area (Å²) in [4.78, 5) is 30.6. The number of hydrogen-bond donors (Lipinski definition) is 1. The van der Waals surface area contributed by atoms with Crippen molar-refractivity contribution in [1.29, 1.82) is 0 Å². The predicted octanol–water partition coefficient (Wildman–Crippen LogP) is 6.02. The zero-order valence-corrected chi connectivity index (χ0v) is 21.7. The Morgan fingerprint density at radius 1 is 1.08 bits per heavy atom. The van der Waals surface area contributed by atoms with Crippen molar-refractivity contribution in [3.63, 3.8) is 0 Å². The van der Waals surface area contributed by atoms with E-state index in [1.165, 1.54) is 6.07 Å². The summed E-state index contributed by atoms with van der Waals surface area (Å²) in [5.41, 5.74) is 4.73. The van der Waals surface area contributed by atoms with Crippen LogP contribution in [0.2, 0.25) is 0 Å². The Labute approximate surface area is 216 Å². The van der Waals surface area contributed by atoms with E-state index >= 15 is 0 Å². The molecule has 2 heterocycles. The number of nitrogens with one attached hydrogen (secondary N) is 1. The van der Waals surface area contributed by atoms with Gasteiger partial charge in [0.1, 0.15) is 5.82 Å². The molecule has 0 saturated carbocycles. The third kappa shape index (κ3) is 5.56. The summed E-state index contributed by atoms with van der Waals surface area (Å²) in [6, 6.07) is 16.0. The molecule has 0 fully saturated rings. The molecule has 0 atom stereocenters. The molecule has 0 aliphatic heterocycles. The monoisotopic (exact) mass is 501 g/mol. The van der Waals surface area contributed by atoms with Crippen LogP contribution in [0.5, 0.6) is 0 Å². The Balaban J connectivity index is 1.78. The lowest BCUT2D eigenvalue weighted by molar-refractivity contribution is 0.0526. The van der Waals surface area contributed by atoms with E-state index in [9.17, 15) is 14.0 Å². The van der Waals surface area contributed by atoms with Crippen molar-refractivity contribution in [2.24, 2.45) is 0 Å². The number of aromatic nitrogens is 2. The van der Waals surface area contributed by atoms with Gasteiger partial charge >= 0.3 is 5.97 Å². The Bertz CT molecular complexity index is 1430. The van der Waals surface area contributed by atoms with Crippen LogP contribution in [0.25, 0.3) is 10.9 Å². The molecule has 0 saturated heterocycles. The van der Waals surface area contributed by atoms with E-state index in [1.54, 1.807) is 37.4 Å². The lowest BCUT2D eigenvalue weighted by Gasteiger charge is -2.15. The summed E-state index contributed by atoms with van der Waals surface area (Å²) in [5.74, 6) is -0.929. The predicted molar refractivity (Wildman–Crippen MR) is 142 cm³/mol. The molecule has 6 nitrogen and oxygen atoms in total. The summed E-state index contributed by atoms with van der Waals surface area (Å²) in [5, 5.41) is 3.71. The number of benzene rings is 2. The second kappa shape index (κ2) is 11.4. The number of aryl methyl sites for hydroxylation is 1. The number of carbonyl (C=O) groups is 2. The average molecular weight is 502 g/mol. The number of ether oxygens (including phenoxy) is 1. The van der Waals surface area contributed by atoms with E-state index in [4.69, 9.17) is 4.74 Å². The Kier molecular flexibility index (Phi) is 8.01. The van der Waals surface area contributed by atoms with Crippen molar-refractivity contribution >= 4 is 22.8 Å². The highest BCUT2D eigenvalue weighted by molar-refractivity contribution is 6.10. The van der Waals surface area contributed by atoms with Crippen LogP contribution in [-0.4, -0.2) is 28.0 Å². The number of rotatable bonds is 9. The number of halogens is 1. The molecular weight excluding hydrogens is 469 g/mol. The molecule has 1 amide bonds. The topological polar surface area (TPSA) is 73.2 Å². The molecule has 2 aromatic heterocycles. The largest absolute Gasteiger partial charge is 0.462 e. The molecule has 0 aliphatic rings. The van der Waals surface area contributed by atoms with E-state index in [0.717, 1.165) is 22.3 Å². The van der Waals surface area contributed by atoms with Crippen LogP contribution in [0.4, 0.5) is 4.39 Å². The maximum absolute atomic E-state index is 14.3. The fourth-order valence-electron chi connectivity index (χ4n) is 4.63. The molecule has 0 unspecified atom stereocenters. The zero-order valence-electron chi connectivity index (χ0n) is 21.7. The van der Waals surface area contributed by atoms with Gasteiger partial charge in [-0.3, -0.25) is 9.78 Å². The molecule has 4 rings (SSSR count). The second-order valence-electron chi connectivity index (χ2n) is 9.24. The number of nitrogens with zero attached hydrogens (tertiary/aromatic N) is 2. The van der Waals surface area contributed by atoms with Gasteiger partial charge in [-0.05, 0) is 60.7 Å². The number of esters is 1. The molecule has 37 heavy (non-hydrogen) atoms. The van der Waals surface area contributed by atoms with Gasteiger partial charge in [0.15, 0.2) is 0 Å². The van der Waals surface area contributed by atoms with E-state index in [0.29, 0.717) is 35.2 Å². The summed E-state index contributed by atoms with van der Waals surface area (Å²) in [6.07, 6.45) is 2.34. The normalized spacial score (nSPS) is 11.2. The summed E-state index contributed by atoms with van der Waals surface area (Å²) >= 11 is 0. The standard InChI is InChI=1S/C30H32FN3O3/c1-5-21-11-10-20(15-25(21)31)17-33-29(35)27-24-13-12-22(30(36)37-6-2)16-26(24)34(28(27)19(3)4)18-23-9-7-8-14-32-23/h7-16,19H,5-6,17-18H2,1-4H3,(H,33,35). The Morgan fingerprint density at radius 2 is 1.89 bits per heavy atom. The van der Waals surface area contributed by atoms with Crippen LogP contribution in [0.3, 0.4) is 0 Å². The van der Waals surface area contributed by atoms with Crippen molar-refractivity contribution in [3.8, 4) is 0 Å². The highest BCUT2D eigenvalue weighted by Gasteiger charge is 2.26. The second-order valence-corrected chi connectivity index (χ2v) is 9.24. The fourth-order valence-corrected chi connectivity index (χ4v) is 4.63. The van der Waals surface area contributed by atoms with Gasteiger partial charge in [0.05, 0.1) is 35.5 Å². The van der Waals surface area contributed by atoms with E-state index in [1.807, 2.05) is 45.0 Å². The van der Waals surface area contributed by atoms with Crippen LogP contribution < -0.4 is 5.32 Å². The van der Waals surface area contributed by atoms with Crippen molar-refractivity contribution in [3.05, 3.63) is 100 Å². The van der Waals surface area contributed by atoms with Gasteiger partial charge in [-0.25, -0.2) is 9.18 Å². The van der Waals surface area contributed by atoms with Crippen molar-refractivity contribution in [2.45, 2.75) is 53.1 Å². The number of carbonyl (C=O) groups excluding carboxylic acids is 2. The van der Waals surface area contributed by atoms with Crippen LogP contribution in [0.1, 0.15) is 76.8 Å². The van der Waals surface area contributed by atoms with Crippen LogP contribution in [0.15, 0.2) is 60.8 Å².